The highest BCUT2D eigenvalue weighted by Gasteiger charge is 2.07. The van der Waals surface area contributed by atoms with E-state index < -0.39 is 0 Å². The summed E-state index contributed by atoms with van der Waals surface area (Å²) in [6, 6.07) is 24.3. The van der Waals surface area contributed by atoms with Crippen LogP contribution >= 0.6 is 0 Å². The summed E-state index contributed by atoms with van der Waals surface area (Å²) in [7, 11) is 0. The Labute approximate surface area is 152 Å². The first-order valence-electron chi connectivity index (χ1n) is 8.61. The van der Waals surface area contributed by atoms with E-state index in [0.717, 1.165) is 5.56 Å². The van der Waals surface area contributed by atoms with Crippen molar-refractivity contribution >= 4 is 22.4 Å². The summed E-state index contributed by atoms with van der Waals surface area (Å²) in [5, 5.41) is 9.73. The number of fused-ring (bicyclic) bond motifs is 1. The molecule has 4 heteroatoms. The van der Waals surface area contributed by atoms with E-state index in [1.165, 1.54) is 16.3 Å². The highest BCUT2D eigenvalue weighted by molar-refractivity contribution is 5.92. The van der Waals surface area contributed by atoms with Gasteiger partial charge in [0.05, 0.1) is 24.8 Å². The molecule has 0 aliphatic rings. The third kappa shape index (κ3) is 3.64. The van der Waals surface area contributed by atoms with Crippen molar-refractivity contribution in [2.75, 3.05) is 5.32 Å². The molecule has 0 bridgehead atoms. The van der Waals surface area contributed by atoms with Crippen LogP contribution in [0.1, 0.15) is 11.1 Å². The lowest BCUT2D eigenvalue weighted by molar-refractivity contribution is -0.115. The Morgan fingerprint density at radius 1 is 0.923 bits per heavy atom. The van der Waals surface area contributed by atoms with Crippen molar-refractivity contribution in [2.24, 2.45) is 0 Å². The van der Waals surface area contributed by atoms with Crippen LogP contribution in [-0.2, 0) is 17.8 Å². The van der Waals surface area contributed by atoms with Gasteiger partial charge >= 0.3 is 0 Å². The first kappa shape index (κ1) is 16.1. The molecule has 128 valence electrons. The number of aromatic nitrogens is 2. The molecule has 1 heterocycles. The second-order valence-corrected chi connectivity index (χ2v) is 6.28. The molecule has 0 aliphatic carbocycles. The highest BCUT2D eigenvalue weighted by atomic mass is 16.1. The van der Waals surface area contributed by atoms with Crippen LogP contribution in [0.2, 0.25) is 0 Å². The molecule has 4 rings (SSSR count). The van der Waals surface area contributed by atoms with Crippen molar-refractivity contribution in [1.82, 2.24) is 9.78 Å². The van der Waals surface area contributed by atoms with Gasteiger partial charge in [-0.15, -0.1) is 0 Å². The van der Waals surface area contributed by atoms with E-state index in [4.69, 9.17) is 0 Å². The van der Waals surface area contributed by atoms with Crippen molar-refractivity contribution < 1.29 is 4.79 Å². The van der Waals surface area contributed by atoms with Crippen LogP contribution in [0.4, 0.5) is 5.69 Å². The quantitative estimate of drug-likeness (QED) is 0.589. The van der Waals surface area contributed by atoms with Crippen molar-refractivity contribution in [2.45, 2.75) is 13.0 Å². The summed E-state index contributed by atoms with van der Waals surface area (Å²) in [4.78, 5) is 12.2. The smallest absolute Gasteiger partial charge is 0.228 e. The van der Waals surface area contributed by atoms with E-state index in [1.807, 2.05) is 53.3 Å². The number of hydrogen-bond donors (Lipinski definition) is 1. The summed E-state index contributed by atoms with van der Waals surface area (Å²) >= 11 is 0. The molecule has 0 fully saturated rings. The lowest BCUT2D eigenvalue weighted by Gasteiger charge is -2.06. The van der Waals surface area contributed by atoms with Crippen LogP contribution in [0.3, 0.4) is 0 Å². The Bertz CT molecular complexity index is 1030. The number of nitrogens with zero attached hydrogens (tertiary/aromatic N) is 2. The van der Waals surface area contributed by atoms with E-state index in [0.29, 0.717) is 18.7 Å². The monoisotopic (exact) mass is 341 g/mol. The molecule has 0 unspecified atom stereocenters. The first-order chi connectivity index (χ1) is 12.8. The lowest BCUT2D eigenvalue weighted by atomic mass is 10.0. The number of carbonyl (C=O) groups excluding carboxylic acids is 1. The number of carbonyl (C=O) groups is 1. The summed E-state index contributed by atoms with van der Waals surface area (Å²) in [5.74, 6) is -0.0408. The van der Waals surface area contributed by atoms with E-state index >= 15 is 0 Å². The van der Waals surface area contributed by atoms with Gasteiger partial charge in [-0.1, -0.05) is 72.8 Å². The third-order valence-corrected chi connectivity index (χ3v) is 4.34. The molecular formula is C22H19N3O. The maximum atomic E-state index is 12.2. The van der Waals surface area contributed by atoms with Gasteiger partial charge < -0.3 is 5.32 Å². The minimum atomic E-state index is -0.0408. The fraction of sp³-hybridized carbons (Fsp3) is 0.0909. The zero-order chi connectivity index (χ0) is 17.8. The zero-order valence-electron chi connectivity index (χ0n) is 14.3. The molecule has 1 aromatic heterocycles. The van der Waals surface area contributed by atoms with Gasteiger partial charge in [0.15, 0.2) is 0 Å². The number of nitrogens with one attached hydrogen (secondary N) is 1. The molecule has 3 aromatic carbocycles. The van der Waals surface area contributed by atoms with E-state index in [1.54, 1.807) is 6.20 Å². The topological polar surface area (TPSA) is 46.9 Å². The number of amides is 1. The normalized spacial score (nSPS) is 10.8. The molecule has 0 atom stereocenters. The molecular weight excluding hydrogens is 322 g/mol. The molecule has 1 amide bonds. The summed E-state index contributed by atoms with van der Waals surface area (Å²) in [5.41, 5.74) is 2.91. The predicted octanol–water partition coefficient (Wildman–Crippen LogP) is 4.27. The average Bonchev–Trinajstić information content (AvgIpc) is 3.09. The molecule has 4 aromatic rings. The number of anilines is 1. The molecule has 4 nitrogen and oxygen atoms in total. The fourth-order valence-electron chi connectivity index (χ4n) is 3.11. The molecule has 26 heavy (non-hydrogen) atoms. The highest BCUT2D eigenvalue weighted by Crippen LogP contribution is 2.19. The number of benzene rings is 3. The second kappa shape index (κ2) is 7.23. The molecule has 0 radical (unpaired) electrons. The Hall–Kier alpha value is -3.40. The van der Waals surface area contributed by atoms with Gasteiger partial charge in [0, 0.05) is 6.20 Å². The zero-order valence-corrected chi connectivity index (χ0v) is 14.3. The van der Waals surface area contributed by atoms with Gasteiger partial charge in [-0.25, -0.2) is 0 Å². The standard InChI is InChI=1S/C22H19N3O/c26-22(13-17-7-2-1-3-8-17)24-20-14-23-25(16-20)15-19-11-6-10-18-9-4-5-12-21(18)19/h1-12,14,16H,13,15H2,(H,24,26). The molecule has 1 N–H and O–H groups in total. The van der Waals surface area contributed by atoms with Crippen molar-refractivity contribution in [3.63, 3.8) is 0 Å². The van der Waals surface area contributed by atoms with Gasteiger partial charge in [-0.05, 0) is 21.9 Å². The van der Waals surface area contributed by atoms with Crippen LogP contribution in [0.5, 0.6) is 0 Å². The maximum Gasteiger partial charge on any atom is 0.228 e. The van der Waals surface area contributed by atoms with Gasteiger partial charge in [0.1, 0.15) is 0 Å². The van der Waals surface area contributed by atoms with Gasteiger partial charge in [0.25, 0.3) is 0 Å². The fourth-order valence-corrected chi connectivity index (χ4v) is 3.11. The maximum absolute atomic E-state index is 12.2. The van der Waals surface area contributed by atoms with Crippen LogP contribution in [0.25, 0.3) is 10.8 Å². The van der Waals surface area contributed by atoms with Crippen LogP contribution in [0.15, 0.2) is 85.2 Å². The Morgan fingerprint density at radius 2 is 1.69 bits per heavy atom. The SMILES string of the molecule is O=C(Cc1ccccc1)Nc1cnn(Cc2cccc3ccccc23)c1. The predicted molar refractivity (Wildman–Crippen MR) is 104 cm³/mol. The minimum absolute atomic E-state index is 0.0408. The third-order valence-electron chi connectivity index (χ3n) is 4.34. The second-order valence-electron chi connectivity index (χ2n) is 6.28. The summed E-state index contributed by atoms with van der Waals surface area (Å²) < 4.78 is 1.85. The van der Waals surface area contributed by atoms with E-state index in [2.05, 4.69) is 40.7 Å². The average molecular weight is 341 g/mol. The van der Waals surface area contributed by atoms with Crippen molar-refractivity contribution in [1.29, 1.82) is 0 Å². The van der Waals surface area contributed by atoms with E-state index in [9.17, 15) is 4.79 Å². The largest absolute Gasteiger partial charge is 0.323 e. The Morgan fingerprint density at radius 3 is 2.58 bits per heavy atom. The van der Waals surface area contributed by atoms with Crippen molar-refractivity contribution in [3.05, 3.63) is 96.3 Å². The molecule has 0 spiro atoms. The Balaban J connectivity index is 1.45. The van der Waals surface area contributed by atoms with E-state index in [-0.39, 0.29) is 5.91 Å². The minimum Gasteiger partial charge on any atom is -0.323 e. The van der Waals surface area contributed by atoms with Crippen molar-refractivity contribution in [3.8, 4) is 0 Å². The van der Waals surface area contributed by atoms with Gasteiger partial charge in [0.2, 0.25) is 5.91 Å². The number of hydrogen-bond acceptors (Lipinski definition) is 2. The first-order valence-corrected chi connectivity index (χ1v) is 8.61. The van der Waals surface area contributed by atoms with Gasteiger partial charge in [-0.2, -0.15) is 5.10 Å². The lowest BCUT2D eigenvalue weighted by Crippen LogP contribution is -2.13. The van der Waals surface area contributed by atoms with Crippen LogP contribution in [-0.4, -0.2) is 15.7 Å². The summed E-state index contributed by atoms with van der Waals surface area (Å²) in [6.07, 6.45) is 3.91. The molecule has 0 saturated carbocycles. The van der Waals surface area contributed by atoms with Crippen LogP contribution in [0, 0.1) is 0 Å². The Kier molecular flexibility index (Phi) is 4.48. The van der Waals surface area contributed by atoms with Gasteiger partial charge in [-0.3, -0.25) is 9.48 Å². The van der Waals surface area contributed by atoms with Crippen LogP contribution < -0.4 is 5.32 Å². The molecule has 0 aliphatic heterocycles. The number of rotatable bonds is 5. The molecule has 0 saturated heterocycles. The summed E-state index contributed by atoms with van der Waals surface area (Å²) in [6.45, 7) is 0.663.